The largest absolute Gasteiger partial charge is 0.398 e. The Kier molecular flexibility index (Phi) is 2.16. The molecule has 17 heavy (non-hydrogen) atoms. The summed E-state index contributed by atoms with van der Waals surface area (Å²) in [5.41, 5.74) is 6.86. The van der Waals surface area contributed by atoms with Crippen molar-refractivity contribution in [1.82, 2.24) is 4.90 Å². The van der Waals surface area contributed by atoms with Gasteiger partial charge in [0.25, 0.3) is 11.8 Å². The van der Waals surface area contributed by atoms with E-state index in [2.05, 4.69) is 0 Å². The number of amides is 2. The Hall–Kier alpha value is -1.88. The summed E-state index contributed by atoms with van der Waals surface area (Å²) in [5, 5.41) is 0. The monoisotopic (exact) mass is 232 g/mol. The van der Waals surface area contributed by atoms with Gasteiger partial charge in [-0.2, -0.15) is 0 Å². The van der Waals surface area contributed by atoms with E-state index in [-0.39, 0.29) is 17.9 Å². The molecule has 0 saturated carbocycles. The molecule has 88 valence electrons. The van der Waals surface area contributed by atoms with Crippen molar-refractivity contribution in [3.63, 3.8) is 0 Å². The van der Waals surface area contributed by atoms with Crippen LogP contribution in [0.2, 0.25) is 0 Å². The minimum atomic E-state index is -0.293. The van der Waals surface area contributed by atoms with Crippen molar-refractivity contribution < 1.29 is 14.3 Å². The number of nitrogens with two attached hydrogens (primary N) is 1. The number of benzene rings is 1. The van der Waals surface area contributed by atoms with Crippen molar-refractivity contribution in [2.45, 2.75) is 12.5 Å². The van der Waals surface area contributed by atoms with E-state index in [9.17, 15) is 9.59 Å². The zero-order valence-corrected chi connectivity index (χ0v) is 9.18. The molecule has 5 heteroatoms. The first-order valence-corrected chi connectivity index (χ1v) is 5.54. The Bertz CT molecular complexity index is 506. The average molecular weight is 232 g/mol. The maximum atomic E-state index is 12.2. The Labute approximate surface area is 98.1 Å². The molecule has 2 N–H and O–H groups in total. The second-order valence-corrected chi connectivity index (χ2v) is 4.27. The summed E-state index contributed by atoms with van der Waals surface area (Å²) in [7, 11) is 0. The molecule has 1 fully saturated rings. The van der Waals surface area contributed by atoms with Gasteiger partial charge in [-0.3, -0.25) is 14.5 Å². The third-order valence-corrected chi connectivity index (χ3v) is 3.25. The van der Waals surface area contributed by atoms with Crippen molar-refractivity contribution in [2.75, 3.05) is 18.9 Å². The summed E-state index contributed by atoms with van der Waals surface area (Å²) < 4.78 is 5.22. The first-order chi connectivity index (χ1) is 8.20. The third-order valence-electron chi connectivity index (χ3n) is 3.25. The van der Waals surface area contributed by atoms with E-state index >= 15 is 0 Å². The van der Waals surface area contributed by atoms with Crippen molar-refractivity contribution in [3.8, 4) is 0 Å². The van der Waals surface area contributed by atoms with Crippen LogP contribution in [0.1, 0.15) is 27.1 Å². The zero-order valence-electron chi connectivity index (χ0n) is 9.18. The highest BCUT2D eigenvalue weighted by molar-refractivity contribution is 6.23. The number of rotatable bonds is 1. The van der Waals surface area contributed by atoms with E-state index < -0.39 is 0 Å². The summed E-state index contributed by atoms with van der Waals surface area (Å²) >= 11 is 0. The molecular weight excluding hydrogens is 220 g/mol. The van der Waals surface area contributed by atoms with Crippen LogP contribution in [-0.4, -0.2) is 36.0 Å². The number of carbonyl (C=O) groups is 2. The topological polar surface area (TPSA) is 72.6 Å². The van der Waals surface area contributed by atoms with Crippen molar-refractivity contribution in [3.05, 3.63) is 29.3 Å². The van der Waals surface area contributed by atoms with Crippen LogP contribution in [0.3, 0.4) is 0 Å². The third kappa shape index (κ3) is 1.36. The number of hydrogen-bond acceptors (Lipinski definition) is 4. The van der Waals surface area contributed by atoms with Gasteiger partial charge in [0.2, 0.25) is 0 Å². The molecule has 3 rings (SSSR count). The highest BCUT2D eigenvalue weighted by Gasteiger charge is 2.42. The number of hydrogen-bond donors (Lipinski definition) is 1. The van der Waals surface area contributed by atoms with Gasteiger partial charge in [0.05, 0.1) is 23.8 Å². The number of nitrogen functional groups attached to an aromatic ring is 1. The molecule has 1 saturated heterocycles. The van der Waals surface area contributed by atoms with Gasteiger partial charge < -0.3 is 10.5 Å². The van der Waals surface area contributed by atoms with E-state index in [1.165, 1.54) is 4.90 Å². The summed E-state index contributed by atoms with van der Waals surface area (Å²) in [6.07, 6.45) is 0.700. The molecule has 1 aromatic carbocycles. The molecule has 5 nitrogen and oxygen atoms in total. The minimum Gasteiger partial charge on any atom is -0.398 e. The van der Waals surface area contributed by atoms with Crippen LogP contribution >= 0.6 is 0 Å². The lowest BCUT2D eigenvalue weighted by Gasteiger charge is -2.19. The fourth-order valence-corrected chi connectivity index (χ4v) is 2.39. The van der Waals surface area contributed by atoms with E-state index in [4.69, 9.17) is 10.5 Å². The Balaban J connectivity index is 2.05. The number of fused-ring (bicyclic) bond motifs is 1. The molecule has 0 radical (unpaired) electrons. The molecule has 0 bridgehead atoms. The standard InChI is InChI=1S/C12H12N2O3/c13-9-3-1-2-8-10(9)12(16)14(11(8)15)7-4-5-17-6-7/h1-3,7H,4-6,13H2. The van der Waals surface area contributed by atoms with Gasteiger partial charge in [0.15, 0.2) is 0 Å². The quantitative estimate of drug-likeness (QED) is 0.570. The van der Waals surface area contributed by atoms with Crippen LogP contribution < -0.4 is 5.73 Å². The highest BCUT2D eigenvalue weighted by Crippen LogP contribution is 2.30. The fraction of sp³-hybridized carbons (Fsp3) is 0.333. The van der Waals surface area contributed by atoms with Crippen LogP contribution in [0.4, 0.5) is 5.69 Å². The summed E-state index contributed by atoms with van der Waals surface area (Å²) in [6.45, 7) is 1.01. The second kappa shape index (κ2) is 3.56. The number of nitrogens with zero attached hydrogens (tertiary/aromatic N) is 1. The van der Waals surface area contributed by atoms with Gasteiger partial charge in [-0.1, -0.05) is 6.07 Å². The maximum Gasteiger partial charge on any atom is 0.263 e. The summed E-state index contributed by atoms with van der Waals surface area (Å²) in [4.78, 5) is 25.6. The lowest BCUT2D eigenvalue weighted by molar-refractivity contribution is 0.0566. The number of carbonyl (C=O) groups excluding carboxylic acids is 2. The van der Waals surface area contributed by atoms with Crippen LogP contribution in [0.5, 0.6) is 0 Å². The van der Waals surface area contributed by atoms with Crippen LogP contribution in [0.25, 0.3) is 0 Å². The fourth-order valence-electron chi connectivity index (χ4n) is 2.39. The van der Waals surface area contributed by atoms with Gasteiger partial charge >= 0.3 is 0 Å². The SMILES string of the molecule is Nc1cccc2c1C(=O)N(C1CCOC1)C2=O. The minimum absolute atomic E-state index is 0.151. The lowest BCUT2D eigenvalue weighted by Crippen LogP contribution is -2.40. The molecule has 1 aromatic rings. The van der Waals surface area contributed by atoms with Crippen molar-refractivity contribution in [2.24, 2.45) is 0 Å². The molecule has 2 aliphatic heterocycles. The molecule has 1 atom stereocenters. The number of imide groups is 1. The molecule has 2 aliphatic rings. The van der Waals surface area contributed by atoms with Gasteiger partial charge in [0, 0.05) is 12.3 Å². The Morgan fingerprint density at radius 3 is 2.76 bits per heavy atom. The highest BCUT2D eigenvalue weighted by atomic mass is 16.5. The van der Waals surface area contributed by atoms with E-state index in [0.717, 1.165) is 0 Å². The van der Waals surface area contributed by atoms with Crippen LogP contribution in [0.15, 0.2) is 18.2 Å². The van der Waals surface area contributed by atoms with E-state index in [1.807, 2.05) is 0 Å². The Morgan fingerprint density at radius 1 is 1.29 bits per heavy atom. The maximum absolute atomic E-state index is 12.2. The molecule has 0 aliphatic carbocycles. The second-order valence-electron chi connectivity index (χ2n) is 4.27. The predicted molar refractivity (Wildman–Crippen MR) is 60.6 cm³/mol. The summed E-state index contributed by atoms with van der Waals surface area (Å²) in [5.74, 6) is -0.550. The Morgan fingerprint density at radius 2 is 2.12 bits per heavy atom. The number of anilines is 1. The molecule has 1 unspecified atom stereocenters. The van der Waals surface area contributed by atoms with Crippen molar-refractivity contribution in [1.29, 1.82) is 0 Å². The van der Waals surface area contributed by atoms with Gasteiger partial charge in [0.1, 0.15) is 0 Å². The van der Waals surface area contributed by atoms with Crippen LogP contribution in [0, 0.1) is 0 Å². The van der Waals surface area contributed by atoms with Crippen LogP contribution in [-0.2, 0) is 4.74 Å². The molecule has 2 heterocycles. The van der Waals surface area contributed by atoms with Crippen molar-refractivity contribution >= 4 is 17.5 Å². The van der Waals surface area contributed by atoms with E-state index in [1.54, 1.807) is 18.2 Å². The zero-order chi connectivity index (χ0) is 12.0. The lowest BCUT2D eigenvalue weighted by atomic mass is 10.1. The number of ether oxygens (including phenoxy) is 1. The van der Waals surface area contributed by atoms with Gasteiger partial charge in [-0.15, -0.1) is 0 Å². The normalized spacial score (nSPS) is 23.3. The smallest absolute Gasteiger partial charge is 0.263 e. The molecule has 0 spiro atoms. The van der Waals surface area contributed by atoms with Gasteiger partial charge in [-0.25, -0.2) is 0 Å². The predicted octanol–water partition coefficient (Wildman–Crippen LogP) is 0.654. The molecule has 2 amide bonds. The first-order valence-electron chi connectivity index (χ1n) is 5.54. The molecular formula is C12H12N2O3. The first kappa shape index (κ1) is 10.3. The average Bonchev–Trinajstić information content (AvgIpc) is 2.88. The molecule has 0 aromatic heterocycles. The summed E-state index contributed by atoms with van der Waals surface area (Å²) in [6, 6.07) is 4.82. The van der Waals surface area contributed by atoms with E-state index in [0.29, 0.717) is 36.4 Å². The van der Waals surface area contributed by atoms with Gasteiger partial charge in [-0.05, 0) is 18.6 Å².